The molecule has 0 aliphatic rings. The highest BCUT2D eigenvalue weighted by molar-refractivity contribution is 7.80. The Hall–Kier alpha value is -1.88. The quantitative estimate of drug-likeness (QED) is 0.836. The summed E-state index contributed by atoms with van der Waals surface area (Å²) >= 11 is 5.33. The lowest BCUT2D eigenvalue weighted by atomic mass is 9.99. The molecule has 5 heteroatoms. The van der Waals surface area contributed by atoms with Gasteiger partial charge in [0, 0.05) is 18.9 Å². The molecule has 0 bridgehead atoms. The van der Waals surface area contributed by atoms with Gasteiger partial charge in [-0.25, -0.2) is 0 Å². The fourth-order valence-electron chi connectivity index (χ4n) is 2.14. The predicted molar refractivity (Wildman–Crippen MR) is 92.9 cm³/mol. The molecule has 112 valence electrons. The fraction of sp³-hybridized carbons (Fsp3) is 0.375. The van der Waals surface area contributed by atoms with Gasteiger partial charge in [0.25, 0.3) is 0 Å². The van der Waals surface area contributed by atoms with Gasteiger partial charge in [-0.15, -0.1) is 0 Å². The van der Waals surface area contributed by atoms with Gasteiger partial charge >= 0.3 is 0 Å². The number of thiocarbonyl (C=S) groups is 1. The van der Waals surface area contributed by atoms with E-state index in [0.29, 0.717) is 11.0 Å². The van der Waals surface area contributed by atoms with Gasteiger partial charge in [-0.3, -0.25) is 4.68 Å². The minimum absolute atomic E-state index is 0.572. The van der Waals surface area contributed by atoms with Gasteiger partial charge in [-0.05, 0) is 49.2 Å². The monoisotopic (exact) mass is 302 g/mol. The van der Waals surface area contributed by atoms with Crippen molar-refractivity contribution >= 4 is 28.7 Å². The topological polar surface area (TPSA) is 41.9 Å². The van der Waals surface area contributed by atoms with Crippen molar-refractivity contribution in [3.8, 4) is 0 Å². The maximum atomic E-state index is 5.33. The second-order valence-electron chi connectivity index (χ2n) is 5.31. The Balaban J connectivity index is 1.98. The van der Waals surface area contributed by atoms with Crippen LogP contribution in [0.5, 0.6) is 0 Å². The van der Waals surface area contributed by atoms with Crippen LogP contribution in [0.3, 0.4) is 0 Å². The van der Waals surface area contributed by atoms with Crippen LogP contribution in [0, 0.1) is 6.92 Å². The largest absolute Gasteiger partial charge is 0.332 e. The van der Waals surface area contributed by atoms with E-state index in [1.165, 1.54) is 5.56 Å². The van der Waals surface area contributed by atoms with Crippen molar-refractivity contribution in [2.45, 2.75) is 33.1 Å². The fourth-order valence-corrected chi connectivity index (χ4v) is 2.37. The van der Waals surface area contributed by atoms with Crippen LogP contribution in [0.4, 0.5) is 11.4 Å². The zero-order valence-electron chi connectivity index (χ0n) is 13.0. The van der Waals surface area contributed by atoms with Crippen LogP contribution >= 0.6 is 12.2 Å². The van der Waals surface area contributed by atoms with Crippen molar-refractivity contribution in [3.05, 3.63) is 41.7 Å². The summed E-state index contributed by atoms with van der Waals surface area (Å²) in [5.41, 5.74) is 4.19. The molecule has 1 heterocycles. The molecule has 4 nitrogen and oxygen atoms in total. The lowest BCUT2D eigenvalue weighted by molar-refractivity contribution is 0.734. The Morgan fingerprint density at radius 1 is 1.29 bits per heavy atom. The predicted octanol–water partition coefficient (Wildman–Crippen LogP) is 4.05. The van der Waals surface area contributed by atoms with Gasteiger partial charge in [-0.2, -0.15) is 5.10 Å². The molecule has 2 rings (SSSR count). The Bertz CT molecular complexity index is 616. The van der Waals surface area contributed by atoms with Crippen molar-refractivity contribution in [3.63, 3.8) is 0 Å². The van der Waals surface area contributed by atoms with Gasteiger partial charge in [-0.1, -0.05) is 26.0 Å². The third-order valence-electron chi connectivity index (χ3n) is 3.61. The van der Waals surface area contributed by atoms with Gasteiger partial charge in [0.1, 0.15) is 0 Å². The molecule has 0 amide bonds. The van der Waals surface area contributed by atoms with E-state index >= 15 is 0 Å². The first-order valence-electron chi connectivity index (χ1n) is 7.17. The van der Waals surface area contributed by atoms with Crippen LogP contribution in [-0.4, -0.2) is 14.9 Å². The third kappa shape index (κ3) is 4.04. The summed E-state index contributed by atoms with van der Waals surface area (Å²) < 4.78 is 1.77. The van der Waals surface area contributed by atoms with Crippen LogP contribution in [0.2, 0.25) is 0 Å². The lowest BCUT2D eigenvalue weighted by Gasteiger charge is -2.12. The maximum Gasteiger partial charge on any atom is 0.175 e. The third-order valence-corrected chi connectivity index (χ3v) is 3.82. The number of rotatable bonds is 4. The minimum atomic E-state index is 0.572. The van der Waals surface area contributed by atoms with Crippen LogP contribution in [-0.2, 0) is 7.05 Å². The lowest BCUT2D eigenvalue weighted by Crippen LogP contribution is -2.19. The van der Waals surface area contributed by atoms with Crippen molar-refractivity contribution in [1.82, 2.24) is 9.78 Å². The maximum absolute atomic E-state index is 5.33. The van der Waals surface area contributed by atoms with E-state index < -0.39 is 0 Å². The smallest absolute Gasteiger partial charge is 0.175 e. The van der Waals surface area contributed by atoms with Crippen molar-refractivity contribution in [2.75, 3.05) is 10.6 Å². The number of hydrogen-bond donors (Lipinski definition) is 2. The summed E-state index contributed by atoms with van der Waals surface area (Å²) in [4.78, 5) is 0. The van der Waals surface area contributed by atoms with Gasteiger partial charge in [0.2, 0.25) is 0 Å². The number of nitrogens with one attached hydrogen (secondary N) is 2. The highest BCUT2D eigenvalue weighted by Crippen LogP contribution is 2.20. The SMILES string of the molecule is CCC(C)c1ccc(NC(=S)Nc2cn(C)nc2C)cc1. The second-order valence-corrected chi connectivity index (χ2v) is 5.72. The minimum Gasteiger partial charge on any atom is -0.332 e. The van der Waals surface area contributed by atoms with E-state index in [0.717, 1.165) is 23.5 Å². The second kappa shape index (κ2) is 6.72. The van der Waals surface area contributed by atoms with Gasteiger partial charge in [0.15, 0.2) is 5.11 Å². The molecular formula is C16H22N4S. The number of hydrogen-bond acceptors (Lipinski definition) is 2. The van der Waals surface area contributed by atoms with Gasteiger partial charge < -0.3 is 10.6 Å². The molecule has 0 radical (unpaired) electrons. The van der Waals surface area contributed by atoms with Crippen LogP contribution in [0.15, 0.2) is 30.5 Å². The summed E-state index contributed by atoms with van der Waals surface area (Å²) in [7, 11) is 1.89. The molecule has 21 heavy (non-hydrogen) atoms. The Morgan fingerprint density at radius 3 is 2.48 bits per heavy atom. The molecule has 1 atom stereocenters. The molecule has 0 saturated carbocycles. The highest BCUT2D eigenvalue weighted by Gasteiger charge is 2.06. The highest BCUT2D eigenvalue weighted by atomic mass is 32.1. The molecule has 1 unspecified atom stereocenters. The average molecular weight is 302 g/mol. The summed E-state index contributed by atoms with van der Waals surface area (Å²) in [6, 6.07) is 8.42. The van der Waals surface area contributed by atoms with E-state index in [9.17, 15) is 0 Å². The molecule has 0 fully saturated rings. The Kier molecular flexibility index (Phi) is 4.96. The van der Waals surface area contributed by atoms with E-state index in [2.05, 4.69) is 53.8 Å². The van der Waals surface area contributed by atoms with E-state index in [-0.39, 0.29) is 0 Å². The molecule has 2 N–H and O–H groups in total. The van der Waals surface area contributed by atoms with E-state index in [1.807, 2.05) is 20.2 Å². The van der Waals surface area contributed by atoms with Crippen molar-refractivity contribution in [1.29, 1.82) is 0 Å². The number of aryl methyl sites for hydroxylation is 2. The standard InChI is InChI=1S/C16H22N4S/c1-5-11(2)13-6-8-14(9-7-13)17-16(21)18-15-10-20(4)19-12(15)3/h6-11H,5H2,1-4H3,(H2,17,18,21). The zero-order chi connectivity index (χ0) is 15.4. The summed E-state index contributed by atoms with van der Waals surface area (Å²) in [6.07, 6.45) is 3.06. The molecule has 1 aromatic carbocycles. The normalized spacial score (nSPS) is 12.0. The number of nitrogens with zero attached hydrogens (tertiary/aromatic N) is 2. The molecular weight excluding hydrogens is 280 g/mol. The van der Waals surface area contributed by atoms with Crippen LogP contribution in [0.1, 0.15) is 37.4 Å². The molecule has 2 aromatic rings. The number of benzene rings is 1. The van der Waals surface area contributed by atoms with E-state index in [4.69, 9.17) is 12.2 Å². The molecule has 0 spiro atoms. The Labute approximate surface area is 131 Å². The summed E-state index contributed by atoms with van der Waals surface area (Å²) in [5.74, 6) is 0.585. The number of aromatic nitrogens is 2. The summed E-state index contributed by atoms with van der Waals surface area (Å²) in [5, 5.41) is 11.2. The van der Waals surface area contributed by atoms with Crippen LogP contribution < -0.4 is 10.6 Å². The first-order valence-corrected chi connectivity index (χ1v) is 7.58. The van der Waals surface area contributed by atoms with Crippen LogP contribution in [0.25, 0.3) is 0 Å². The zero-order valence-corrected chi connectivity index (χ0v) is 13.8. The first-order chi connectivity index (χ1) is 9.99. The summed E-state index contributed by atoms with van der Waals surface area (Å²) in [6.45, 7) is 6.39. The van der Waals surface area contributed by atoms with Gasteiger partial charge in [0.05, 0.1) is 11.4 Å². The molecule has 0 aliphatic carbocycles. The molecule has 0 saturated heterocycles. The molecule has 1 aromatic heterocycles. The Morgan fingerprint density at radius 2 is 1.95 bits per heavy atom. The first kappa shape index (κ1) is 15.5. The number of anilines is 2. The van der Waals surface area contributed by atoms with Crippen molar-refractivity contribution in [2.24, 2.45) is 7.05 Å². The average Bonchev–Trinajstić information content (AvgIpc) is 2.76. The molecule has 0 aliphatic heterocycles. The van der Waals surface area contributed by atoms with Crippen molar-refractivity contribution < 1.29 is 0 Å². The van der Waals surface area contributed by atoms with E-state index in [1.54, 1.807) is 4.68 Å².